The van der Waals surface area contributed by atoms with Crippen molar-refractivity contribution in [2.45, 2.75) is 77.7 Å². The van der Waals surface area contributed by atoms with Gasteiger partial charge in [0.25, 0.3) is 0 Å². The molecule has 1 aromatic heterocycles. The largest absolute Gasteiger partial charge is 1.00 e. The van der Waals surface area contributed by atoms with Crippen LogP contribution < -0.4 is 29.6 Å². The maximum atomic E-state index is 11.2. The van der Waals surface area contributed by atoms with Crippen LogP contribution in [0.2, 0.25) is 0 Å². The van der Waals surface area contributed by atoms with E-state index >= 15 is 0 Å². The van der Waals surface area contributed by atoms with Gasteiger partial charge in [0.1, 0.15) is 12.4 Å². The number of cyclic esters (lactones) is 2. The third-order valence-corrected chi connectivity index (χ3v) is 4.23. The summed E-state index contributed by atoms with van der Waals surface area (Å²) >= 11 is 0. The van der Waals surface area contributed by atoms with Crippen LogP contribution in [0.1, 0.15) is 78.3 Å². The number of allylic oxidation sites excluding steroid dienone is 1. The van der Waals surface area contributed by atoms with E-state index in [1.165, 1.54) is 57.6 Å². The topological polar surface area (TPSA) is 76.7 Å². The molecular weight excluding hydrogens is 355 g/mol. The summed E-state index contributed by atoms with van der Waals surface area (Å²) in [5.74, 6) is -0.509. The number of aliphatic hydroxyl groups excluding tert-OH is 1. The number of esters is 2. The average molecular weight is 388 g/mol. The molecule has 6 heteroatoms. The van der Waals surface area contributed by atoms with E-state index < -0.39 is 11.9 Å². The second-order valence-corrected chi connectivity index (χ2v) is 6.53. The molecule has 27 heavy (non-hydrogen) atoms. The van der Waals surface area contributed by atoms with Crippen LogP contribution in [0.25, 0.3) is 0 Å². The molecule has 0 saturated carbocycles. The Morgan fingerprint density at radius 2 is 1.81 bits per heavy atom. The zero-order chi connectivity index (χ0) is 19.0. The first-order valence-corrected chi connectivity index (χ1v) is 9.71. The first-order valence-electron chi connectivity index (χ1n) is 9.71. The van der Waals surface area contributed by atoms with Gasteiger partial charge in [-0.05, 0) is 25.0 Å². The predicted octanol–water partition coefficient (Wildman–Crippen LogP) is 2.05. The van der Waals surface area contributed by atoms with Crippen LogP contribution in [-0.4, -0.2) is 17.0 Å². The van der Waals surface area contributed by atoms with Crippen LogP contribution in [0, 0.1) is 5.92 Å². The first-order chi connectivity index (χ1) is 12.7. The van der Waals surface area contributed by atoms with Gasteiger partial charge in [0, 0.05) is 0 Å². The van der Waals surface area contributed by atoms with E-state index in [0.29, 0.717) is 5.76 Å². The second kappa shape index (κ2) is 17.2. The zero-order valence-corrected chi connectivity index (χ0v) is 18.8. The van der Waals surface area contributed by atoms with Crippen molar-refractivity contribution in [2.75, 3.05) is 0 Å². The molecule has 0 spiro atoms. The molecule has 5 nitrogen and oxygen atoms in total. The number of unbranched alkanes of at least 4 members (excludes halogenated alkanes) is 8. The van der Waals surface area contributed by atoms with Crippen molar-refractivity contribution in [1.29, 1.82) is 0 Å². The summed E-state index contributed by atoms with van der Waals surface area (Å²) in [5, 5.41) is 8.33. The summed E-state index contributed by atoms with van der Waals surface area (Å²) in [6.07, 6.45) is 17.0. The number of aliphatic hydroxyl groups is 1. The Labute approximate surface area is 186 Å². The summed E-state index contributed by atoms with van der Waals surface area (Å²) in [7, 11) is 0. The van der Waals surface area contributed by atoms with Gasteiger partial charge in [-0.15, -0.1) is 0 Å². The van der Waals surface area contributed by atoms with Gasteiger partial charge in [-0.2, -0.15) is 0 Å². The molecule has 1 aliphatic rings. The average Bonchev–Trinajstić information content (AvgIpc) is 3.26. The van der Waals surface area contributed by atoms with Crippen molar-refractivity contribution in [3.63, 3.8) is 0 Å². The van der Waals surface area contributed by atoms with Gasteiger partial charge in [0.2, 0.25) is 0 Å². The van der Waals surface area contributed by atoms with Gasteiger partial charge in [0.05, 0.1) is 18.6 Å². The number of rotatable bonds is 11. The summed E-state index contributed by atoms with van der Waals surface area (Å²) < 4.78 is 9.22. The van der Waals surface area contributed by atoms with Crippen molar-refractivity contribution in [2.24, 2.45) is 5.92 Å². The minimum Gasteiger partial charge on any atom is -1.00 e. The molecule has 1 aromatic rings. The predicted molar refractivity (Wildman–Crippen MR) is 101 cm³/mol. The van der Waals surface area contributed by atoms with E-state index in [2.05, 4.69) is 11.7 Å². The fraction of sp³-hybridized carbons (Fsp3) is 0.619. The summed E-state index contributed by atoms with van der Waals surface area (Å²) in [5.41, 5.74) is 0. The van der Waals surface area contributed by atoms with Gasteiger partial charge < -0.3 is 15.7 Å². The molecular formula is C21H33NaO5. The maximum absolute atomic E-state index is 11.2. The van der Waals surface area contributed by atoms with Crippen molar-refractivity contribution < 1.29 is 54.8 Å². The first kappa shape index (κ1) is 26.1. The zero-order valence-electron chi connectivity index (χ0n) is 17.8. The van der Waals surface area contributed by atoms with Gasteiger partial charge in [0.15, 0.2) is 0 Å². The Balaban J connectivity index is 0. The third kappa shape index (κ3) is 13.0. The van der Waals surface area contributed by atoms with E-state index in [9.17, 15) is 9.59 Å². The Hall–Kier alpha value is -0.880. The smallest absolute Gasteiger partial charge is 1.00 e. The summed E-state index contributed by atoms with van der Waals surface area (Å²) in [4.78, 5) is 22.1. The molecule has 0 radical (unpaired) electrons. The molecule has 1 N–H and O–H groups in total. The van der Waals surface area contributed by atoms with E-state index in [-0.39, 0.29) is 49.9 Å². The van der Waals surface area contributed by atoms with E-state index in [1.54, 1.807) is 12.1 Å². The monoisotopic (exact) mass is 388 g/mol. The molecule has 2 heterocycles. The number of hydrogen-bond acceptors (Lipinski definition) is 5. The minimum atomic E-state index is -0.397. The van der Waals surface area contributed by atoms with Crippen LogP contribution in [0.15, 0.2) is 35.0 Å². The van der Waals surface area contributed by atoms with Crippen molar-refractivity contribution in [1.82, 2.24) is 0 Å². The maximum Gasteiger partial charge on any atom is 1.00 e. The summed E-state index contributed by atoms with van der Waals surface area (Å²) in [6, 6.07) is 3.46. The number of carbonyl (C=O) groups is 2. The van der Waals surface area contributed by atoms with Crippen LogP contribution in [0.4, 0.5) is 0 Å². The van der Waals surface area contributed by atoms with E-state index in [1.807, 2.05) is 12.2 Å². The van der Waals surface area contributed by atoms with Gasteiger partial charge in [-0.1, -0.05) is 64.0 Å². The second-order valence-electron chi connectivity index (χ2n) is 6.53. The van der Waals surface area contributed by atoms with Crippen molar-refractivity contribution in [3.05, 3.63) is 36.3 Å². The Morgan fingerprint density at radius 3 is 2.30 bits per heavy atom. The Kier molecular flexibility index (Phi) is 16.7. The fourth-order valence-electron chi connectivity index (χ4n) is 2.70. The molecule has 148 valence electrons. The molecule has 1 saturated heterocycles. The quantitative estimate of drug-likeness (QED) is 0.206. The molecule has 0 amide bonds. The molecule has 0 bridgehead atoms. The van der Waals surface area contributed by atoms with Crippen LogP contribution in [0.3, 0.4) is 0 Å². The number of carbonyl (C=O) groups excluding carboxylic acids is 2. The normalized spacial score (nSPS) is 16.0. The van der Waals surface area contributed by atoms with Gasteiger partial charge >= 0.3 is 41.5 Å². The Bertz CT molecular complexity index is 531. The van der Waals surface area contributed by atoms with E-state index in [4.69, 9.17) is 9.52 Å². The molecule has 0 aromatic carbocycles. The number of ether oxygens (including phenoxy) is 1. The van der Waals surface area contributed by atoms with Crippen LogP contribution >= 0.6 is 0 Å². The molecule has 2 rings (SSSR count). The molecule has 1 aliphatic heterocycles. The standard InChI is InChI=1S/C16H26O3.C5H6O2.Na.H/c1-2-3-4-5-6-7-8-9-10-11-12-14-13-15(17)19-16(14)18;6-4-5-2-1-3-7-5;;/h11-12,14H,2-10,13H2,1H3;1-3,6H,4H2;;/q;;+1;-1. The fourth-order valence-corrected chi connectivity index (χ4v) is 2.70. The van der Waals surface area contributed by atoms with Crippen LogP contribution in [-0.2, 0) is 20.9 Å². The number of hydrogen-bond donors (Lipinski definition) is 1. The molecule has 1 atom stereocenters. The van der Waals surface area contributed by atoms with Crippen molar-refractivity contribution >= 4 is 11.9 Å². The third-order valence-electron chi connectivity index (χ3n) is 4.23. The Morgan fingerprint density at radius 1 is 1.15 bits per heavy atom. The van der Waals surface area contributed by atoms with Gasteiger partial charge in [-0.3, -0.25) is 9.59 Å². The number of furan rings is 1. The molecule has 1 unspecified atom stereocenters. The SMILES string of the molecule is CCCCCCCCCCC=CC1CC(=O)OC1=O.OCc1ccco1.[H-].[Na+]. The summed E-state index contributed by atoms with van der Waals surface area (Å²) in [6.45, 7) is 2.23. The minimum absolute atomic E-state index is 0. The van der Waals surface area contributed by atoms with Crippen LogP contribution in [0.5, 0.6) is 0 Å². The van der Waals surface area contributed by atoms with Crippen molar-refractivity contribution in [3.8, 4) is 0 Å². The molecule has 1 fully saturated rings. The van der Waals surface area contributed by atoms with Gasteiger partial charge in [-0.25, -0.2) is 0 Å². The molecule has 0 aliphatic carbocycles. The van der Waals surface area contributed by atoms with E-state index in [0.717, 1.165) is 6.42 Å².